The van der Waals surface area contributed by atoms with Crippen LogP contribution in [0.1, 0.15) is 12.2 Å². The molecule has 0 N–H and O–H groups in total. The number of aryl methyl sites for hydroxylation is 1. The van der Waals surface area contributed by atoms with Gasteiger partial charge in [0.2, 0.25) is 0 Å². The fraction of sp³-hybridized carbons (Fsp3) is 0.176. The molecule has 0 bridgehead atoms. The summed E-state index contributed by atoms with van der Waals surface area (Å²) in [6.07, 6.45) is 4.96. The standard InChI is InChI=1S/C17H12F2N6/c18-10-3-4-11(13(19)8-10)15-16(24-7-1-2-14(24)22-15)12-5-6-21-25-9-20-23-17(12)25/h3-6,8-9H,1-2,7H2. The average molecular weight is 338 g/mol. The SMILES string of the molecule is Fc1ccc(-c2nc3n(c2-c2ccnn4cnnc24)CCC3)c(F)c1. The van der Waals surface area contributed by atoms with Crippen LogP contribution in [0.5, 0.6) is 0 Å². The molecule has 1 aromatic carbocycles. The summed E-state index contributed by atoms with van der Waals surface area (Å²) >= 11 is 0. The van der Waals surface area contributed by atoms with E-state index in [1.54, 1.807) is 10.7 Å². The van der Waals surface area contributed by atoms with E-state index in [0.717, 1.165) is 42.5 Å². The molecule has 25 heavy (non-hydrogen) atoms. The fourth-order valence-electron chi connectivity index (χ4n) is 3.40. The van der Waals surface area contributed by atoms with Crippen molar-refractivity contribution in [2.24, 2.45) is 0 Å². The highest BCUT2D eigenvalue weighted by molar-refractivity contribution is 5.85. The smallest absolute Gasteiger partial charge is 0.186 e. The Morgan fingerprint density at radius 3 is 2.88 bits per heavy atom. The van der Waals surface area contributed by atoms with Crippen LogP contribution < -0.4 is 0 Å². The van der Waals surface area contributed by atoms with Crippen molar-refractivity contribution < 1.29 is 8.78 Å². The second kappa shape index (κ2) is 5.17. The van der Waals surface area contributed by atoms with Crippen LogP contribution in [0.15, 0.2) is 36.8 Å². The highest BCUT2D eigenvalue weighted by Crippen LogP contribution is 2.37. The molecule has 4 aromatic rings. The quantitative estimate of drug-likeness (QED) is 0.564. The van der Waals surface area contributed by atoms with E-state index >= 15 is 0 Å². The zero-order valence-corrected chi connectivity index (χ0v) is 13.0. The summed E-state index contributed by atoms with van der Waals surface area (Å²) < 4.78 is 31.4. The van der Waals surface area contributed by atoms with Crippen molar-refractivity contribution >= 4 is 5.65 Å². The molecule has 0 aliphatic carbocycles. The summed E-state index contributed by atoms with van der Waals surface area (Å²) in [4.78, 5) is 4.64. The number of benzene rings is 1. The van der Waals surface area contributed by atoms with Gasteiger partial charge in [-0.15, -0.1) is 10.2 Å². The minimum Gasteiger partial charge on any atom is -0.327 e. The number of fused-ring (bicyclic) bond motifs is 2. The summed E-state index contributed by atoms with van der Waals surface area (Å²) in [6, 6.07) is 5.36. The third-order valence-electron chi connectivity index (χ3n) is 4.47. The molecule has 0 fully saturated rings. The average Bonchev–Trinajstić information content (AvgIpc) is 3.29. The number of halogens is 2. The van der Waals surface area contributed by atoms with E-state index in [9.17, 15) is 8.78 Å². The van der Waals surface area contributed by atoms with Crippen LogP contribution >= 0.6 is 0 Å². The molecule has 6 nitrogen and oxygen atoms in total. The number of hydrogen-bond acceptors (Lipinski definition) is 4. The minimum absolute atomic E-state index is 0.271. The number of hydrogen-bond donors (Lipinski definition) is 0. The summed E-state index contributed by atoms with van der Waals surface area (Å²) in [5.41, 5.74) is 2.86. The summed E-state index contributed by atoms with van der Waals surface area (Å²) in [5, 5.41) is 12.2. The monoisotopic (exact) mass is 338 g/mol. The minimum atomic E-state index is -0.635. The van der Waals surface area contributed by atoms with Gasteiger partial charge < -0.3 is 4.57 Å². The Morgan fingerprint density at radius 1 is 1.08 bits per heavy atom. The Bertz CT molecular complexity index is 1110. The van der Waals surface area contributed by atoms with Crippen molar-refractivity contribution in [2.75, 3.05) is 0 Å². The molecule has 0 unspecified atom stereocenters. The van der Waals surface area contributed by atoms with Crippen LogP contribution in [-0.4, -0.2) is 29.4 Å². The van der Waals surface area contributed by atoms with Gasteiger partial charge >= 0.3 is 0 Å². The molecule has 3 aromatic heterocycles. The van der Waals surface area contributed by atoms with Gasteiger partial charge in [-0.25, -0.2) is 13.8 Å². The highest BCUT2D eigenvalue weighted by Gasteiger charge is 2.26. The molecule has 0 amide bonds. The van der Waals surface area contributed by atoms with E-state index < -0.39 is 11.6 Å². The molecular weight excluding hydrogens is 326 g/mol. The molecule has 1 aliphatic rings. The first-order valence-electron chi connectivity index (χ1n) is 7.92. The zero-order chi connectivity index (χ0) is 17.0. The molecule has 8 heteroatoms. The Labute approximate surface area is 140 Å². The third kappa shape index (κ3) is 2.07. The van der Waals surface area contributed by atoms with Crippen molar-refractivity contribution in [2.45, 2.75) is 19.4 Å². The molecule has 1 aliphatic heterocycles. The van der Waals surface area contributed by atoms with Gasteiger partial charge in [0.05, 0.1) is 11.4 Å². The summed E-state index contributed by atoms with van der Waals surface area (Å²) in [6.45, 7) is 0.795. The van der Waals surface area contributed by atoms with Gasteiger partial charge in [-0.2, -0.15) is 9.61 Å². The van der Waals surface area contributed by atoms with Crippen LogP contribution in [0.2, 0.25) is 0 Å². The van der Waals surface area contributed by atoms with Crippen molar-refractivity contribution in [3.05, 3.63) is 54.2 Å². The Kier molecular flexibility index (Phi) is 2.94. The summed E-state index contributed by atoms with van der Waals surface area (Å²) in [5.74, 6) is -0.355. The van der Waals surface area contributed by atoms with Crippen LogP contribution in [0.25, 0.3) is 28.2 Å². The molecule has 0 spiro atoms. The normalized spacial score (nSPS) is 13.5. The Balaban J connectivity index is 1.83. The Morgan fingerprint density at radius 2 is 2.00 bits per heavy atom. The molecule has 124 valence electrons. The number of rotatable bonds is 2. The number of nitrogens with zero attached hydrogens (tertiary/aromatic N) is 6. The predicted octanol–water partition coefficient (Wildman–Crippen LogP) is 2.88. The maximum atomic E-state index is 14.4. The van der Waals surface area contributed by atoms with Crippen LogP contribution in [0, 0.1) is 11.6 Å². The van der Waals surface area contributed by atoms with Gasteiger partial charge in [-0.05, 0) is 24.6 Å². The van der Waals surface area contributed by atoms with Gasteiger partial charge in [-0.3, -0.25) is 0 Å². The highest BCUT2D eigenvalue weighted by atomic mass is 19.1. The lowest BCUT2D eigenvalue weighted by Crippen LogP contribution is -2.00. The lowest BCUT2D eigenvalue weighted by molar-refractivity contribution is 0.585. The lowest BCUT2D eigenvalue weighted by Gasteiger charge is -2.09. The van der Waals surface area contributed by atoms with Crippen molar-refractivity contribution in [3.8, 4) is 22.5 Å². The van der Waals surface area contributed by atoms with Gasteiger partial charge in [0.25, 0.3) is 0 Å². The molecular formula is C17H12F2N6. The van der Waals surface area contributed by atoms with Gasteiger partial charge in [0, 0.05) is 36.4 Å². The van der Waals surface area contributed by atoms with E-state index in [1.807, 2.05) is 6.07 Å². The first-order valence-corrected chi connectivity index (χ1v) is 7.92. The van der Waals surface area contributed by atoms with Crippen LogP contribution in [-0.2, 0) is 13.0 Å². The summed E-state index contributed by atoms with van der Waals surface area (Å²) in [7, 11) is 0. The van der Waals surface area contributed by atoms with Gasteiger partial charge in [0.1, 0.15) is 23.8 Å². The number of imidazole rings is 1. The van der Waals surface area contributed by atoms with E-state index in [-0.39, 0.29) is 5.56 Å². The zero-order valence-electron chi connectivity index (χ0n) is 13.0. The predicted molar refractivity (Wildman–Crippen MR) is 85.7 cm³/mol. The maximum Gasteiger partial charge on any atom is 0.186 e. The molecule has 0 saturated carbocycles. The molecule has 0 atom stereocenters. The third-order valence-corrected chi connectivity index (χ3v) is 4.47. The van der Waals surface area contributed by atoms with Gasteiger partial charge in [-0.1, -0.05) is 0 Å². The Hall–Kier alpha value is -3.16. The van der Waals surface area contributed by atoms with Crippen LogP contribution in [0.4, 0.5) is 8.78 Å². The fourth-order valence-corrected chi connectivity index (χ4v) is 3.40. The van der Waals surface area contributed by atoms with Crippen LogP contribution in [0.3, 0.4) is 0 Å². The largest absolute Gasteiger partial charge is 0.327 e. The molecule has 5 rings (SSSR count). The second-order valence-corrected chi connectivity index (χ2v) is 5.95. The van der Waals surface area contributed by atoms with Crippen molar-refractivity contribution in [1.82, 2.24) is 29.4 Å². The second-order valence-electron chi connectivity index (χ2n) is 5.95. The molecule has 0 radical (unpaired) electrons. The van der Waals surface area contributed by atoms with Crippen molar-refractivity contribution in [3.63, 3.8) is 0 Å². The maximum absolute atomic E-state index is 14.4. The lowest BCUT2D eigenvalue weighted by atomic mass is 10.1. The topological polar surface area (TPSA) is 60.9 Å². The van der Waals surface area contributed by atoms with Crippen molar-refractivity contribution in [1.29, 1.82) is 0 Å². The molecule has 0 saturated heterocycles. The van der Waals surface area contributed by atoms with Gasteiger partial charge in [0.15, 0.2) is 5.65 Å². The van der Waals surface area contributed by atoms with E-state index in [1.165, 1.54) is 18.5 Å². The number of aromatic nitrogens is 6. The first kappa shape index (κ1) is 14.2. The van der Waals surface area contributed by atoms with E-state index in [4.69, 9.17) is 0 Å². The van der Waals surface area contributed by atoms with E-state index in [0.29, 0.717) is 11.3 Å². The first-order chi connectivity index (χ1) is 12.2. The van der Waals surface area contributed by atoms with E-state index in [2.05, 4.69) is 24.8 Å². The molecule has 4 heterocycles.